The van der Waals surface area contributed by atoms with Gasteiger partial charge in [0.2, 0.25) is 5.91 Å². The number of rotatable bonds is 4. The number of para-hydroxylation sites is 2. The Kier molecular flexibility index (Phi) is 5.72. The first-order valence-corrected chi connectivity index (χ1v) is 10.2. The summed E-state index contributed by atoms with van der Waals surface area (Å²) in [5.74, 6) is 0.224. The fourth-order valence-electron chi connectivity index (χ4n) is 4.24. The molecule has 7 heteroatoms. The highest BCUT2D eigenvalue weighted by molar-refractivity contribution is 6.00. The van der Waals surface area contributed by atoms with Crippen molar-refractivity contribution >= 4 is 17.5 Å². The maximum Gasteiger partial charge on any atom is 0.254 e. The van der Waals surface area contributed by atoms with Crippen LogP contribution in [-0.4, -0.2) is 67.5 Å². The lowest BCUT2D eigenvalue weighted by molar-refractivity contribution is -0.122. The molecule has 1 unspecified atom stereocenters. The second kappa shape index (κ2) is 8.44. The summed E-state index contributed by atoms with van der Waals surface area (Å²) in [6.07, 6.45) is 0.744. The molecule has 6 nitrogen and oxygen atoms in total. The number of piperazine rings is 1. The van der Waals surface area contributed by atoms with Gasteiger partial charge in [-0.05, 0) is 43.2 Å². The van der Waals surface area contributed by atoms with E-state index in [4.69, 9.17) is 4.74 Å². The number of halogens is 1. The summed E-state index contributed by atoms with van der Waals surface area (Å²) < 4.78 is 19.2. The van der Waals surface area contributed by atoms with Crippen LogP contribution in [0, 0.1) is 12.7 Å². The van der Waals surface area contributed by atoms with E-state index in [1.54, 1.807) is 36.0 Å². The second-order valence-corrected chi connectivity index (χ2v) is 7.76. The second-order valence-electron chi connectivity index (χ2n) is 7.76. The van der Waals surface area contributed by atoms with Crippen molar-refractivity contribution in [2.24, 2.45) is 0 Å². The molecule has 2 aliphatic heterocycles. The van der Waals surface area contributed by atoms with Crippen LogP contribution in [0.4, 0.5) is 10.1 Å². The zero-order chi connectivity index (χ0) is 21.3. The SMILES string of the molecule is COc1ccccc1N1CCC(N2CCN(C(=O)c3ccc(C)c(F)c3)CC2)C1=O. The van der Waals surface area contributed by atoms with E-state index in [0.717, 1.165) is 12.1 Å². The largest absolute Gasteiger partial charge is 0.495 e. The van der Waals surface area contributed by atoms with E-state index in [1.165, 1.54) is 6.07 Å². The zero-order valence-electron chi connectivity index (χ0n) is 17.3. The van der Waals surface area contributed by atoms with E-state index in [9.17, 15) is 14.0 Å². The van der Waals surface area contributed by atoms with E-state index in [1.807, 2.05) is 24.3 Å². The molecule has 2 saturated heterocycles. The first kappa shape index (κ1) is 20.3. The summed E-state index contributed by atoms with van der Waals surface area (Å²) in [6, 6.07) is 11.9. The lowest BCUT2D eigenvalue weighted by Crippen LogP contribution is -2.53. The van der Waals surface area contributed by atoms with Crippen LogP contribution >= 0.6 is 0 Å². The summed E-state index contributed by atoms with van der Waals surface area (Å²) in [5.41, 5.74) is 1.68. The third-order valence-electron chi connectivity index (χ3n) is 6.01. The number of methoxy groups -OCH3 is 1. The number of ether oxygens (including phenoxy) is 1. The van der Waals surface area contributed by atoms with Crippen LogP contribution in [-0.2, 0) is 4.79 Å². The van der Waals surface area contributed by atoms with E-state index >= 15 is 0 Å². The number of benzene rings is 2. The average Bonchev–Trinajstić information content (AvgIpc) is 3.16. The van der Waals surface area contributed by atoms with Crippen LogP contribution in [0.3, 0.4) is 0 Å². The fraction of sp³-hybridized carbons (Fsp3) is 0.391. The molecule has 0 spiro atoms. The lowest BCUT2D eigenvalue weighted by Gasteiger charge is -2.37. The van der Waals surface area contributed by atoms with Gasteiger partial charge in [0.15, 0.2) is 0 Å². The highest BCUT2D eigenvalue weighted by Gasteiger charge is 2.39. The predicted molar refractivity (Wildman–Crippen MR) is 112 cm³/mol. The fourth-order valence-corrected chi connectivity index (χ4v) is 4.24. The van der Waals surface area contributed by atoms with Crippen molar-refractivity contribution in [2.75, 3.05) is 44.7 Å². The average molecular weight is 411 g/mol. The number of amides is 2. The van der Waals surface area contributed by atoms with Crippen LogP contribution in [0.15, 0.2) is 42.5 Å². The van der Waals surface area contributed by atoms with Gasteiger partial charge < -0.3 is 14.5 Å². The van der Waals surface area contributed by atoms with Crippen LogP contribution < -0.4 is 9.64 Å². The molecule has 0 radical (unpaired) electrons. The van der Waals surface area contributed by atoms with Crippen molar-refractivity contribution in [3.05, 3.63) is 59.4 Å². The standard InChI is InChI=1S/C23H26FN3O3/c1-16-7-8-17(15-18(16)24)22(28)26-13-11-25(12-14-26)20-9-10-27(23(20)29)19-5-3-4-6-21(19)30-2/h3-8,15,20H,9-14H2,1-2H3. The lowest BCUT2D eigenvalue weighted by atomic mass is 10.1. The van der Waals surface area contributed by atoms with Crippen LogP contribution in [0.1, 0.15) is 22.3 Å². The van der Waals surface area contributed by atoms with Gasteiger partial charge in [0.1, 0.15) is 11.6 Å². The Morgan fingerprint density at radius 3 is 2.50 bits per heavy atom. The number of carbonyl (C=O) groups is 2. The van der Waals surface area contributed by atoms with E-state index in [-0.39, 0.29) is 23.7 Å². The molecular weight excluding hydrogens is 385 g/mol. The van der Waals surface area contributed by atoms with Crippen molar-refractivity contribution < 1.29 is 18.7 Å². The Balaban J connectivity index is 1.39. The summed E-state index contributed by atoms with van der Waals surface area (Å²) in [7, 11) is 1.60. The normalized spacial score (nSPS) is 20.0. The van der Waals surface area contributed by atoms with Crippen LogP contribution in [0.25, 0.3) is 0 Å². The third kappa shape index (κ3) is 3.77. The zero-order valence-corrected chi connectivity index (χ0v) is 17.3. The Bertz CT molecular complexity index is 956. The summed E-state index contributed by atoms with van der Waals surface area (Å²) in [5, 5.41) is 0. The Labute approximate surface area is 175 Å². The minimum absolute atomic E-state index is 0.0693. The van der Waals surface area contributed by atoms with Crippen molar-refractivity contribution in [1.29, 1.82) is 0 Å². The van der Waals surface area contributed by atoms with Gasteiger partial charge in [-0.25, -0.2) is 4.39 Å². The van der Waals surface area contributed by atoms with Gasteiger partial charge in [-0.2, -0.15) is 0 Å². The molecule has 2 aliphatic rings. The molecule has 0 aromatic heterocycles. The van der Waals surface area contributed by atoms with E-state index < -0.39 is 0 Å². The molecule has 2 amide bonds. The van der Waals surface area contributed by atoms with Gasteiger partial charge in [0.05, 0.1) is 18.8 Å². The van der Waals surface area contributed by atoms with E-state index in [2.05, 4.69) is 4.90 Å². The maximum atomic E-state index is 13.8. The van der Waals surface area contributed by atoms with E-state index in [0.29, 0.717) is 49.6 Å². The van der Waals surface area contributed by atoms with Gasteiger partial charge in [-0.3, -0.25) is 14.5 Å². The van der Waals surface area contributed by atoms with Crippen LogP contribution in [0.5, 0.6) is 5.75 Å². The van der Waals surface area contributed by atoms with Crippen molar-refractivity contribution in [3.8, 4) is 5.75 Å². The topological polar surface area (TPSA) is 53.1 Å². The predicted octanol–water partition coefficient (Wildman–Crippen LogP) is 2.71. The smallest absolute Gasteiger partial charge is 0.254 e. The highest BCUT2D eigenvalue weighted by Crippen LogP contribution is 2.32. The number of aryl methyl sites for hydroxylation is 1. The molecule has 4 rings (SSSR count). The molecule has 0 saturated carbocycles. The maximum absolute atomic E-state index is 13.8. The number of hydrogen-bond donors (Lipinski definition) is 0. The minimum atomic E-state index is -0.368. The molecule has 1 atom stereocenters. The highest BCUT2D eigenvalue weighted by atomic mass is 19.1. The number of nitrogens with zero attached hydrogens (tertiary/aromatic N) is 3. The van der Waals surface area contributed by atoms with Gasteiger partial charge >= 0.3 is 0 Å². The minimum Gasteiger partial charge on any atom is -0.495 e. The van der Waals surface area contributed by atoms with Crippen molar-refractivity contribution in [3.63, 3.8) is 0 Å². The molecule has 2 aromatic rings. The Hall–Kier alpha value is -2.93. The molecule has 2 aromatic carbocycles. The number of anilines is 1. The number of hydrogen-bond acceptors (Lipinski definition) is 4. The number of carbonyl (C=O) groups excluding carboxylic acids is 2. The molecule has 30 heavy (non-hydrogen) atoms. The monoisotopic (exact) mass is 411 g/mol. The van der Waals surface area contributed by atoms with Gasteiger partial charge in [0, 0.05) is 38.3 Å². The van der Waals surface area contributed by atoms with Gasteiger partial charge in [-0.1, -0.05) is 18.2 Å². The van der Waals surface area contributed by atoms with Crippen molar-refractivity contribution in [2.45, 2.75) is 19.4 Å². The quantitative estimate of drug-likeness (QED) is 0.776. The Morgan fingerprint density at radius 1 is 1.07 bits per heavy atom. The molecule has 158 valence electrons. The van der Waals surface area contributed by atoms with Gasteiger partial charge in [0.25, 0.3) is 5.91 Å². The van der Waals surface area contributed by atoms with Crippen molar-refractivity contribution in [1.82, 2.24) is 9.80 Å². The summed E-state index contributed by atoms with van der Waals surface area (Å²) in [4.78, 5) is 31.5. The molecule has 0 bridgehead atoms. The molecule has 2 fully saturated rings. The Morgan fingerprint density at radius 2 is 1.80 bits per heavy atom. The first-order valence-electron chi connectivity index (χ1n) is 10.2. The molecule has 0 N–H and O–H groups in total. The molecule has 2 heterocycles. The van der Waals surface area contributed by atoms with Gasteiger partial charge in [-0.15, -0.1) is 0 Å². The van der Waals surface area contributed by atoms with Crippen LogP contribution in [0.2, 0.25) is 0 Å². The molecular formula is C23H26FN3O3. The molecule has 0 aliphatic carbocycles. The third-order valence-corrected chi connectivity index (χ3v) is 6.01. The first-order chi connectivity index (χ1) is 14.5. The summed E-state index contributed by atoms with van der Waals surface area (Å²) >= 11 is 0. The summed E-state index contributed by atoms with van der Waals surface area (Å²) in [6.45, 7) is 4.60.